The largest absolute Gasteiger partial charge is 0.454 e. The summed E-state index contributed by atoms with van der Waals surface area (Å²) in [6.45, 7) is 4.58. The monoisotopic (exact) mass is 449 g/mol. The zero-order valence-electron chi connectivity index (χ0n) is 17.8. The zero-order chi connectivity index (χ0) is 22.2. The Kier molecular flexibility index (Phi) is 5.98. The lowest BCUT2D eigenvalue weighted by Crippen LogP contribution is -2.44. The molecule has 1 fully saturated rings. The van der Waals surface area contributed by atoms with Gasteiger partial charge in [-0.1, -0.05) is 24.3 Å². The summed E-state index contributed by atoms with van der Waals surface area (Å²) in [6.07, 6.45) is 5.04. The van der Waals surface area contributed by atoms with E-state index in [0.717, 1.165) is 55.8 Å². The number of rotatable bonds is 2. The first-order chi connectivity index (χ1) is 14.7. The van der Waals surface area contributed by atoms with Crippen molar-refractivity contribution in [1.29, 1.82) is 0 Å². The number of ether oxygens (including phenoxy) is 2. The summed E-state index contributed by atoms with van der Waals surface area (Å²) in [7, 11) is -3.67. The Morgan fingerprint density at radius 2 is 1.94 bits per heavy atom. The summed E-state index contributed by atoms with van der Waals surface area (Å²) >= 11 is 0. The fourth-order valence-electron chi connectivity index (χ4n) is 5.12. The van der Waals surface area contributed by atoms with E-state index in [-0.39, 0.29) is 17.3 Å². The van der Waals surface area contributed by atoms with E-state index in [1.807, 2.05) is 12.1 Å². The SMILES string of the molecule is CC1(N2CCC(c3ccccc3F)C2)CCCc2c1ccc1c2OCO1.CS(=O)(=O)O. The van der Waals surface area contributed by atoms with Gasteiger partial charge in [0.15, 0.2) is 11.5 Å². The highest BCUT2D eigenvalue weighted by molar-refractivity contribution is 7.85. The summed E-state index contributed by atoms with van der Waals surface area (Å²) in [4.78, 5) is 2.56. The summed E-state index contributed by atoms with van der Waals surface area (Å²) in [5.74, 6) is 2.02. The third-order valence-corrected chi connectivity index (χ3v) is 6.54. The number of likely N-dealkylation sites (tertiary alicyclic amines) is 1. The van der Waals surface area contributed by atoms with Crippen LogP contribution >= 0.6 is 0 Å². The molecule has 1 saturated heterocycles. The topological polar surface area (TPSA) is 76.1 Å². The number of hydrogen-bond donors (Lipinski definition) is 1. The molecule has 0 saturated carbocycles. The molecule has 2 atom stereocenters. The number of hydrogen-bond acceptors (Lipinski definition) is 5. The van der Waals surface area contributed by atoms with Crippen LogP contribution in [0.25, 0.3) is 0 Å². The van der Waals surface area contributed by atoms with Gasteiger partial charge in [-0.2, -0.15) is 8.42 Å². The first-order valence-corrected chi connectivity index (χ1v) is 12.4. The third kappa shape index (κ3) is 4.56. The molecule has 2 aliphatic heterocycles. The van der Waals surface area contributed by atoms with Crippen LogP contribution in [-0.4, -0.2) is 44.0 Å². The molecule has 6 nitrogen and oxygen atoms in total. The quantitative estimate of drug-likeness (QED) is 0.696. The van der Waals surface area contributed by atoms with Crippen molar-refractivity contribution in [3.8, 4) is 11.5 Å². The molecule has 0 bridgehead atoms. The van der Waals surface area contributed by atoms with Crippen molar-refractivity contribution in [2.24, 2.45) is 0 Å². The van der Waals surface area contributed by atoms with Gasteiger partial charge in [-0.3, -0.25) is 9.45 Å². The van der Waals surface area contributed by atoms with Crippen molar-refractivity contribution in [1.82, 2.24) is 4.90 Å². The Bertz CT molecular complexity index is 1070. The summed E-state index contributed by atoms with van der Waals surface area (Å²) in [6, 6.07) is 11.5. The average molecular weight is 450 g/mol. The second-order valence-corrected chi connectivity index (χ2v) is 10.1. The van der Waals surface area contributed by atoms with Gasteiger partial charge in [0.25, 0.3) is 10.1 Å². The second kappa shape index (κ2) is 8.41. The zero-order valence-corrected chi connectivity index (χ0v) is 18.6. The van der Waals surface area contributed by atoms with E-state index in [1.54, 1.807) is 12.1 Å². The van der Waals surface area contributed by atoms with Crippen LogP contribution in [0.1, 0.15) is 48.8 Å². The fourth-order valence-corrected chi connectivity index (χ4v) is 5.12. The van der Waals surface area contributed by atoms with Gasteiger partial charge in [-0.25, -0.2) is 4.39 Å². The van der Waals surface area contributed by atoms with Crippen molar-refractivity contribution in [2.75, 3.05) is 26.1 Å². The lowest BCUT2D eigenvalue weighted by atomic mass is 9.76. The van der Waals surface area contributed by atoms with Crippen LogP contribution < -0.4 is 9.47 Å². The normalized spacial score (nSPS) is 25.0. The van der Waals surface area contributed by atoms with Gasteiger partial charge >= 0.3 is 0 Å². The predicted molar refractivity (Wildman–Crippen MR) is 116 cm³/mol. The molecule has 2 heterocycles. The van der Waals surface area contributed by atoms with Crippen molar-refractivity contribution in [3.05, 3.63) is 58.9 Å². The Morgan fingerprint density at radius 1 is 1.19 bits per heavy atom. The highest BCUT2D eigenvalue weighted by Crippen LogP contribution is 2.49. The van der Waals surface area contributed by atoms with Gasteiger partial charge in [0.05, 0.1) is 6.26 Å². The highest BCUT2D eigenvalue weighted by atomic mass is 32.2. The average Bonchev–Trinajstić information content (AvgIpc) is 3.37. The Balaban J connectivity index is 0.000000418. The molecular weight excluding hydrogens is 421 g/mol. The number of nitrogens with zero attached hydrogens (tertiary/aromatic N) is 1. The van der Waals surface area contributed by atoms with Gasteiger partial charge in [0.2, 0.25) is 6.79 Å². The number of benzene rings is 2. The van der Waals surface area contributed by atoms with Gasteiger partial charge < -0.3 is 9.47 Å². The minimum Gasteiger partial charge on any atom is -0.454 e. The summed E-state index contributed by atoms with van der Waals surface area (Å²) in [5.41, 5.74) is 3.51. The van der Waals surface area contributed by atoms with Crippen LogP contribution in [0.5, 0.6) is 11.5 Å². The Hall–Kier alpha value is -2.16. The molecule has 0 aromatic heterocycles. The van der Waals surface area contributed by atoms with E-state index in [2.05, 4.69) is 24.0 Å². The van der Waals surface area contributed by atoms with E-state index in [9.17, 15) is 12.8 Å². The summed E-state index contributed by atoms with van der Waals surface area (Å²) in [5, 5.41) is 0. The minimum absolute atomic E-state index is 0.0193. The molecule has 1 aliphatic carbocycles. The van der Waals surface area contributed by atoms with Crippen molar-refractivity contribution < 1.29 is 26.8 Å². The molecule has 2 unspecified atom stereocenters. The number of halogens is 1. The molecule has 31 heavy (non-hydrogen) atoms. The molecule has 3 aliphatic rings. The van der Waals surface area contributed by atoms with Gasteiger partial charge in [-0.05, 0) is 62.4 Å². The molecule has 168 valence electrons. The summed E-state index contributed by atoms with van der Waals surface area (Å²) < 4.78 is 51.5. The standard InChI is InChI=1S/C22H24FNO2.CH4O3S/c1-22(24-12-10-15(13-24)16-5-2-3-7-19(16)23)11-4-6-17-18(22)8-9-20-21(17)26-14-25-20;1-5(2,3)4/h2-3,5,7-9,15H,4,6,10-14H2,1H3;1H3,(H,2,3,4). The fraction of sp³-hybridized carbons (Fsp3) is 0.478. The van der Waals surface area contributed by atoms with Crippen LogP contribution in [0.4, 0.5) is 4.39 Å². The van der Waals surface area contributed by atoms with Crippen molar-refractivity contribution in [2.45, 2.75) is 44.1 Å². The smallest absolute Gasteiger partial charge is 0.261 e. The van der Waals surface area contributed by atoms with Gasteiger partial charge in [0.1, 0.15) is 5.82 Å². The molecule has 0 amide bonds. The van der Waals surface area contributed by atoms with E-state index in [1.165, 1.54) is 11.1 Å². The Labute approximate surface area is 182 Å². The van der Waals surface area contributed by atoms with E-state index >= 15 is 0 Å². The van der Waals surface area contributed by atoms with Crippen molar-refractivity contribution in [3.63, 3.8) is 0 Å². The number of fused-ring (bicyclic) bond motifs is 3. The van der Waals surface area contributed by atoms with Crippen LogP contribution in [0.2, 0.25) is 0 Å². The van der Waals surface area contributed by atoms with E-state index in [0.29, 0.717) is 13.0 Å². The maximum Gasteiger partial charge on any atom is 0.261 e. The third-order valence-electron chi connectivity index (χ3n) is 6.54. The minimum atomic E-state index is -3.67. The Morgan fingerprint density at radius 3 is 2.68 bits per heavy atom. The van der Waals surface area contributed by atoms with Crippen LogP contribution in [0.3, 0.4) is 0 Å². The van der Waals surface area contributed by atoms with E-state index < -0.39 is 10.1 Å². The molecule has 5 rings (SSSR count). The second-order valence-electron chi connectivity index (χ2n) is 8.64. The maximum atomic E-state index is 14.2. The first-order valence-electron chi connectivity index (χ1n) is 10.5. The van der Waals surface area contributed by atoms with Gasteiger partial charge in [0, 0.05) is 23.6 Å². The molecule has 0 spiro atoms. The maximum absolute atomic E-state index is 14.2. The molecule has 0 radical (unpaired) electrons. The predicted octanol–water partition coefficient (Wildman–Crippen LogP) is 4.10. The molecule has 1 N–H and O–H groups in total. The molecule has 2 aromatic carbocycles. The van der Waals surface area contributed by atoms with Crippen LogP contribution in [0, 0.1) is 5.82 Å². The first kappa shape index (κ1) is 22.0. The molecule has 2 aromatic rings. The van der Waals surface area contributed by atoms with Crippen LogP contribution in [-0.2, 0) is 22.1 Å². The highest BCUT2D eigenvalue weighted by Gasteiger charge is 2.43. The van der Waals surface area contributed by atoms with Crippen molar-refractivity contribution >= 4 is 10.1 Å². The lowest BCUT2D eigenvalue weighted by Gasteiger charge is -2.43. The van der Waals surface area contributed by atoms with Crippen LogP contribution in [0.15, 0.2) is 36.4 Å². The molecular formula is C23H28FNO5S. The molecule has 8 heteroatoms. The van der Waals surface area contributed by atoms with Gasteiger partial charge in [-0.15, -0.1) is 0 Å². The van der Waals surface area contributed by atoms with E-state index in [4.69, 9.17) is 14.0 Å². The lowest BCUT2D eigenvalue weighted by molar-refractivity contribution is 0.110.